The van der Waals surface area contributed by atoms with Crippen LogP contribution in [-0.2, 0) is 16.1 Å². The largest absolute Gasteiger partial charge is 0.411 e. The lowest BCUT2D eigenvalue weighted by atomic mass is 10.1. The van der Waals surface area contributed by atoms with Crippen LogP contribution in [0.3, 0.4) is 0 Å². The molecule has 4 N–H and O–H groups in total. The van der Waals surface area contributed by atoms with E-state index in [2.05, 4.69) is 64.4 Å². The van der Waals surface area contributed by atoms with Crippen molar-refractivity contribution < 1.29 is 9.53 Å². The molecule has 0 aliphatic carbocycles. The van der Waals surface area contributed by atoms with Crippen molar-refractivity contribution in [1.29, 1.82) is 0 Å². The zero-order chi connectivity index (χ0) is 22.0. The monoisotopic (exact) mass is 417 g/mol. The minimum atomic E-state index is -1.24. The number of unbranched alkanes of at least 4 members (excludes halogenated alkanes) is 5. The van der Waals surface area contributed by atoms with Crippen LogP contribution < -0.4 is 21.3 Å². The molecular formula is C23H39N5O2. The molecule has 7 nitrogen and oxygen atoms in total. The summed E-state index contributed by atoms with van der Waals surface area (Å²) in [5, 5.41) is 13.2. The normalized spacial score (nSPS) is 20.2. The second-order valence-corrected chi connectivity index (χ2v) is 8.58. The van der Waals surface area contributed by atoms with E-state index in [4.69, 9.17) is 4.74 Å². The molecule has 0 saturated carbocycles. The quantitative estimate of drug-likeness (QED) is 0.250. The van der Waals surface area contributed by atoms with Crippen LogP contribution in [0.5, 0.6) is 0 Å². The van der Waals surface area contributed by atoms with Gasteiger partial charge in [0.1, 0.15) is 5.66 Å². The van der Waals surface area contributed by atoms with Crippen LogP contribution in [0.4, 0.5) is 0 Å². The van der Waals surface area contributed by atoms with E-state index in [1.54, 1.807) is 0 Å². The number of esters is 1. The summed E-state index contributed by atoms with van der Waals surface area (Å²) in [5.74, 6) is -1.02. The molecule has 1 aliphatic heterocycles. The van der Waals surface area contributed by atoms with Gasteiger partial charge in [0.15, 0.2) is 5.96 Å². The third-order valence-corrected chi connectivity index (χ3v) is 4.95. The molecule has 1 atom stereocenters. The Kier molecular flexibility index (Phi) is 9.11. The Bertz CT molecular complexity index is 702. The fourth-order valence-corrected chi connectivity index (χ4v) is 3.48. The minimum absolute atomic E-state index is 0.389. The SMILES string of the molecule is CCCCCCCCNC1=NC(C)(C)NC(NCc2ccc(C)cc2)(OC(C)=O)N1. The average molecular weight is 418 g/mol. The van der Waals surface area contributed by atoms with Crippen molar-refractivity contribution in [1.82, 2.24) is 21.3 Å². The van der Waals surface area contributed by atoms with Crippen molar-refractivity contribution in [2.75, 3.05) is 6.54 Å². The molecular weight excluding hydrogens is 378 g/mol. The Labute approximate surface area is 181 Å². The summed E-state index contributed by atoms with van der Waals surface area (Å²) in [5.41, 5.74) is 1.68. The molecule has 1 aromatic carbocycles. The number of hydrogen-bond donors (Lipinski definition) is 4. The summed E-state index contributed by atoms with van der Waals surface area (Å²) < 4.78 is 5.67. The molecule has 1 heterocycles. The number of nitrogens with zero attached hydrogens (tertiary/aromatic N) is 1. The molecule has 1 aliphatic rings. The van der Waals surface area contributed by atoms with Crippen LogP contribution >= 0.6 is 0 Å². The molecule has 0 saturated heterocycles. The molecule has 0 spiro atoms. The van der Waals surface area contributed by atoms with E-state index in [1.165, 1.54) is 44.6 Å². The van der Waals surface area contributed by atoms with Crippen LogP contribution in [0.1, 0.15) is 77.3 Å². The minimum Gasteiger partial charge on any atom is -0.411 e. The molecule has 30 heavy (non-hydrogen) atoms. The summed E-state index contributed by atoms with van der Waals surface area (Å²) in [6.07, 6.45) is 7.40. The van der Waals surface area contributed by atoms with Gasteiger partial charge in [-0.3, -0.25) is 10.1 Å². The van der Waals surface area contributed by atoms with E-state index in [0.717, 1.165) is 18.5 Å². The molecule has 0 bridgehead atoms. The number of guanidine groups is 1. The van der Waals surface area contributed by atoms with E-state index in [1.807, 2.05) is 13.8 Å². The fraction of sp³-hybridized carbons (Fsp3) is 0.652. The number of rotatable bonds is 11. The molecule has 7 heteroatoms. The first-order valence-corrected chi connectivity index (χ1v) is 11.1. The second kappa shape index (κ2) is 11.3. The predicted octanol–water partition coefficient (Wildman–Crippen LogP) is 3.49. The first-order valence-electron chi connectivity index (χ1n) is 11.1. The number of carbonyl (C=O) groups is 1. The molecule has 1 unspecified atom stereocenters. The smallest absolute Gasteiger partial charge is 0.308 e. The zero-order valence-electron chi connectivity index (χ0n) is 19.2. The number of aliphatic imine (C=N–C) groups is 1. The van der Waals surface area contributed by atoms with E-state index in [-0.39, 0.29) is 5.97 Å². The van der Waals surface area contributed by atoms with E-state index in [0.29, 0.717) is 12.5 Å². The topological polar surface area (TPSA) is 86.8 Å². The fourth-order valence-electron chi connectivity index (χ4n) is 3.48. The van der Waals surface area contributed by atoms with Crippen molar-refractivity contribution in [2.24, 2.45) is 4.99 Å². The Balaban J connectivity index is 1.99. The Morgan fingerprint density at radius 3 is 2.43 bits per heavy atom. The highest BCUT2D eigenvalue weighted by atomic mass is 16.6. The number of aryl methyl sites for hydroxylation is 1. The highest BCUT2D eigenvalue weighted by Crippen LogP contribution is 2.17. The molecule has 0 radical (unpaired) electrons. The first-order chi connectivity index (χ1) is 14.2. The zero-order valence-corrected chi connectivity index (χ0v) is 19.2. The van der Waals surface area contributed by atoms with E-state index >= 15 is 0 Å². The van der Waals surface area contributed by atoms with E-state index < -0.39 is 11.6 Å². The van der Waals surface area contributed by atoms with Gasteiger partial charge in [0.05, 0.1) is 0 Å². The highest BCUT2D eigenvalue weighted by Gasteiger charge is 2.43. The third-order valence-electron chi connectivity index (χ3n) is 4.95. The van der Waals surface area contributed by atoms with Gasteiger partial charge < -0.3 is 10.1 Å². The van der Waals surface area contributed by atoms with Gasteiger partial charge in [0.2, 0.25) is 0 Å². The van der Waals surface area contributed by atoms with Crippen molar-refractivity contribution >= 4 is 11.9 Å². The molecule has 1 aromatic rings. The number of nitrogens with one attached hydrogen (secondary N) is 4. The van der Waals surface area contributed by atoms with Crippen LogP contribution in [0.2, 0.25) is 0 Å². The van der Waals surface area contributed by atoms with Crippen LogP contribution in [0.15, 0.2) is 29.3 Å². The number of ether oxygens (including phenoxy) is 1. The predicted molar refractivity (Wildman–Crippen MR) is 122 cm³/mol. The second-order valence-electron chi connectivity index (χ2n) is 8.58. The molecule has 0 amide bonds. The molecule has 168 valence electrons. The molecule has 2 rings (SSSR count). The number of carbonyl (C=O) groups excluding carboxylic acids is 1. The van der Waals surface area contributed by atoms with Gasteiger partial charge in [-0.2, -0.15) is 0 Å². The van der Waals surface area contributed by atoms with Gasteiger partial charge >= 0.3 is 11.9 Å². The van der Waals surface area contributed by atoms with Gasteiger partial charge in [-0.15, -0.1) is 0 Å². The Hall–Kier alpha value is -2.12. The molecule has 0 aromatic heterocycles. The van der Waals surface area contributed by atoms with Crippen molar-refractivity contribution in [2.45, 2.75) is 91.3 Å². The Morgan fingerprint density at radius 1 is 1.10 bits per heavy atom. The summed E-state index contributed by atoms with van der Waals surface area (Å²) in [4.78, 5) is 16.6. The standard InChI is InChI=1S/C23H39N5O2/c1-6-7-8-9-10-11-16-24-21-26-22(4,5)28-23(27-21,30-19(3)29)25-17-20-14-12-18(2)13-15-20/h12-15,25,28H,6-11,16-17H2,1-5H3,(H2,24,26,27). The number of hydrogen-bond acceptors (Lipinski definition) is 7. The first kappa shape index (κ1) is 24.2. The average Bonchev–Trinajstić information content (AvgIpc) is 2.65. The van der Waals surface area contributed by atoms with Gasteiger partial charge in [0, 0.05) is 20.0 Å². The maximum Gasteiger partial charge on any atom is 0.308 e. The van der Waals surface area contributed by atoms with Crippen molar-refractivity contribution in [3.05, 3.63) is 35.4 Å². The van der Waals surface area contributed by atoms with Crippen molar-refractivity contribution in [3.8, 4) is 0 Å². The van der Waals surface area contributed by atoms with Gasteiger partial charge in [-0.1, -0.05) is 68.9 Å². The summed E-state index contributed by atoms with van der Waals surface area (Å²) in [6.45, 7) is 10.9. The van der Waals surface area contributed by atoms with Gasteiger partial charge in [-0.05, 0) is 32.8 Å². The van der Waals surface area contributed by atoms with Gasteiger partial charge in [-0.25, -0.2) is 15.6 Å². The summed E-state index contributed by atoms with van der Waals surface area (Å²) >= 11 is 0. The van der Waals surface area contributed by atoms with Crippen LogP contribution in [-0.4, -0.2) is 30.1 Å². The summed E-state index contributed by atoms with van der Waals surface area (Å²) in [6, 6.07) is 8.25. The van der Waals surface area contributed by atoms with Crippen LogP contribution in [0, 0.1) is 6.92 Å². The summed E-state index contributed by atoms with van der Waals surface area (Å²) in [7, 11) is 0. The van der Waals surface area contributed by atoms with Gasteiger partial charge in [0.25, 0.3) is 0 Å². The van der Waals surface area contributed by atoms with E-state index in [9.17, 15) is 4.79 Å². The maximum atomic E-state index is 11.9. The Morgan fingerprint density at radius 2 is 1.77 bits per heavy atom. The van der Waals surface area contributed by atoms with Crippen molar-refractivity contribution in [3.63, 3.8) is 0 Å². The third kappa shape index (κ3) is 8.32. The number of benzene rings is 1. The van der Waals surface area contributed by atoms with Crippen LogP contribution in [0.25, 0.3) is 0 Å². The molecule has 0 fully saturated rings. The maximum absolute atomic E-state index is 11.9. The highest BCUT2D eigenvalue weighted by molar-refractivity contribution is 5.82. The lowest BCUT2D eigenvalue weighted by Crippen LogP contribution is -2.77. The lowest BCUT2D eigenvalue weighted by molar-refractivity contribution is -0.174. The lowest BCUT2D eigenvalue weighted by Gasteiger charge is -2.44.